The summed E-state index contributed by atoms with van der Waals surface area (Å²) >= 11 is 0. The molecule has 1 aromatic carbocycles. The van der Waals surface area contributed by atoms with Crippen LogP contribution in [-0.4, -0.2) is 61.4 Å². The van der Waals surface area contributed by atoms with Gasteiger partial charge in [-0.3, -0.25) is 9.69 Å². The fourth-order valence-corrected chi connectivity index (χ4v) is 3.77. The van der Waals surface area contributed by atoms with Crippen LogP contribution in [-0.2, 0) is 14.8 Å². The zero-order chi connectivity index (χ0) is 14.6. The Labute approximate surface area is 118 Å². The highest BCUT2D eigenvalue weighted by atomic mass is 32.2. The van der Waals surface area contributed by atoms with Crippen LogP contribution in [0.3, 0.4) is 0 Å². The quantitative estimate of drug-likeness (QED) is 0.874. The SMILES string of the molecule is O=C(O)CN1CCCN(S(=O)(=O)c2ccccc2)CC1. The predicted molar refractivity (Wildman–Crippen MR) is 73.9 cm³/mol. The van der Waals surface area contributed by atoms with Crippen molar-refractivity contribution in [3.63, 3.8) is 0 Å². The number of aliphatic carboxylic acids is 1. The second-order valence-corrected chi connectivity index (χ2v) is 6.68. The fraction of sp³-hybridized carbons (Fsp3) is 0.462. The van der Waals surface area contributed by atoms with Gasteiger partial charge in [0, 0.05) is 26.2 Å². The zero-order valence-corrected chi connectivity index (χ0v) is 11.9. The number of carboxylic acids is 1. The van der Waals surface area contributed by atoms with E-state index in [9.17, 15) is 13.2 Å². The van der Waals surface area contributed by atoms with Crippen LogP contribution in [0.15, 0.2) is 35.2 Å². The van der Waals surface area contributed by atoms with Crippen molar-refractivity contribution in [3.8, 4) is 0 Å². The summed E-state index contributed by atoms with van der Waals surface area (Å²) in [7, 11) is -3.48. The molecule has 0 radical (unpaired) electrons. The number of carbonyl (C=O) groups is 1. The Morgan fingerprint density at radius 1 is 1.10 bits per heavy atom. The molecule has 0 amide bonds. The number of sulfonamides is 1. The minimum Gasteiger partial charge on any atom is -0.480 e. The van der Waals surface area contributed by atoms with Gasteiger partial charge in [0.15, 0.2) is 0 Å². The van der Waals surface area contributed by atoms with Gasteiger partial charge in [-0.1, -0.05) is 18.2 Å². The summed E-state index contributed by atoms with van der Waals surface area (Å²) < 4.78 is 26.4. The molecule has 1 N–H and O–H groups in total. The van der Waals surface area contributed by atoms with Crippen molar-refractivity contribution >= 4 is 16.0 Å². The van der Waals surface area contributed by atoms with E-state index in [1.807, 2.05) is 0 Å². The Bertz CT molecular complexity index is 559. The first-order valence-electron chi connectivity index (χ1n) is 6.49. The molecule has 0 spiro atoms. The zero-order valence-electron chi connectivity index (χ0n) is 11.1. The van der Waals surface area contributed by atoms with Crippen molar-refractivity contribution in [2.24, 2.45) is 0 Å². The van der Waals surface area contributed by atoms with Crippen molar-refractivity contribution < 1.29 is 18.3 Å². The highest BCUT2D eigenvalue weighted by molar-refractivity contribution is 7.89. The molecule has 0 aromatic heterocycles. The van der Waals surface area contributed by atoms with Crippen LogP contribution in [0.25, 0.3) is 0 Å². The average Bonchev–Trinajstić information content (AvgIpc) is 2.65. The molecule has 0 unspecified atom stereocenters. The number of carboxylic acid groups (broad SMARTS) is 1. The number of hydrogen-bond donors (Lipinski definition) is 1. The van der Waals surface area contributed by atoms with Crippen LogP contribution in [0.4, 0.5) is 0 Å². The third kappa shape index (κ3) is 3.56. The lowest BCUT2D eigenvalue weighted by atomic mass is 10.4. The number of hydrogen-bond acceptors (Lipinski definition) is 4. The lowest BCUT2D eigenvalue weighted by Gasteiger charge is -2.20. The van der Waals surface area contributed by atoms with E-state index in [4.69, 9.17) is 5.11 Å². The number of benzene rings is 1. The van der Waals surface area contributed by atoms with Crippen LogP contribution < -0.4 is 0 Å². The van der Waals surface area contributed by atoms with Crippen molar-refractivity contribution in [1.29, 1.82) is 0 Å². The maximum absolute atomic E-state index is 12.5. The summed E-state index contributed by atoms with van der Waals surface area (Å²) in [5, 5.41) is 8.79. The number of nitrogens with zero attached hydrogens (tertiary/aromatic N) is 2. The summed E-state index contributed by atoms with van der Waals surface area (Å²) in [6.07, 6.45) is 0.638. The largest absolute Gasteiger partial charge is 0.480 e. The molecule has 1 aliphatic heterocycles. The van der Waals surface area contributed by atoms with Crippen LogP contribution in [0.2, 0.25) is 0 Å². The molecule has 1 fully saturated rings. The van der Waals surface area contributed by atoms with E-state index < -0.39 is 16.0 Å². The minimum absolute atomic E-state index is 0.0424. The third-order valence-corrected chi connectivity index (χ3v) is 5.20. The van der Waals surface area contributed by atoms with E-state index in [1.54, 1.807) is 35.2 Å². The molecular formula is C13H18N2O4S. The average molecular weight is 298 g/mol. The fourth-order valence-electron chi connectivity index (χ4n) is 2.28. The Morgan fingerprint density at radius 2 is 1.80 bits per heavy atom. The van der Waals surface area contributed by atoms with E-state index in [0.29, 0.717) is 32.6 Å². The van der Waals surface area contributed by atoms with E-state index in [-0.39, 0.29) is 11.4 Å². The molecule has 1 aliphatic rings. The van der Waals surface area contributed by atoms with Crippen molar-refractivity contribution in [2.75, 3.05) is 32.7 Å². The third-order valence-electron chi connectivity index (χ3n) is 3.29. The highest BCUT2D eigenvalue weighted by Crippen LogP contribution is 2.17. The molecule has 1 aromatic rings. The van der Waals surface area contributed by atoms with Crippen molar-refractivity contribution in [3.05, 3.63) is 30.3 Å². The van der Waals surface area contributed by atoms with Gasteiger partial charge < -0.3 is 5.11 Å². The summed E-state index contributed by atoms with van der Waals surface area (Å²) in [5.41, 5.74) is 0. The first-order chi connectivity index (χ1) is 9.50. The van der Waals surface area contributed by atoms with E-state index in [0.717, 1.165) is 0 Å². The lowest BCUT2D eigenvalue weighted by Crippen LogP contribution is -2.36. The maximum atomic E-state index is 12.5. The van der Waals surface area contributed by atoms with E-state index in [2.05, 4.69) is 0 Å². The van der Waals surface area contributed by atoms with Crippen LogP contribution in [0, 0.1) is 0 Å². The van der Waals surface area contributed by atoms with Gasteiger partial charge in [-0.2, -0.15) is 4.31 Å². The summed E-state index contributed by atoms with van der Waals surface area (Å²) in [4.78, 5) is 12.8. The molecule has 110 valence electrons. The molecule has 1 saturated heterocycles. The topological polar surface area (TPSA) is 77.9 Å². The Kier molecular flexibility index (Phi) is 4.74. The van der Waals surface area contributed by atoms with Gasteiger partial charge in [0.1, 0.15) is 0 Å². The monoisotopic (exact) mass is 298 g/mol. The smallest absolute Gasteiger partial charge is 0.317 e. The van der Waals surface area contributed by atoms with Crippen molar-refractivity contribution in [1.82, 2.24) is 9.21 Å². The van der Waals surface area contributed by atoms with Crippen molar-refractivity contribution in [2.45, 2.75) is 11.3 Å². The lowest BCUT2D eigenvalue weighted by molar-refractivity contribution is -0.138. The molecule has 0 atom stereocenters. The maximum Gasteiger partial charge on any atom is 0.317 e. The minimum atomic E-state index is -3.48. The Hall–Kier alpha value is -1.44. The van der Waals surface area contributed by atoms with Crippen LogP contribution in [0.1, 0.15) is 6.42 Å². The van der Waals surface area contributed by atoms with Gasteiger partial charge in [0.25, 0.3) is 0 Å². The van der Waals surface area contributed by atoms with Crippen LogP contribution in [0.5, 0.6) is 0 Å². The van der Waals surface area contributed by atoms with E-state index >= 15 is 0 Å². The molecule has 0 bridgehead atoms. The summed E-state index contributed by atoms with van der Waals surface area (Å²) in [6.45, 7) is 1.75. The van der Waals surface area contributed by atoms with Gasteiger partial charge in [-0.15, -0.1) is 0 Å². The second kappa shape index (κ2) is 6.34. The highest BCUT2D eigenvalue weighted by Gasteiger charge is 2.26. The van der Waals surface area contributed by atoms with E-state index in [1.165, 1.54) is 4.31 Å². The van der Waals surface area contributed by atoms with Gasteiger partial charge >= 0.3 is 5.97 Å². The molecule has 2 rings (SSSR count). The van der Waals surface area contributed by atoms with Gasteiger partial charge in [0.2, 0.25) is 10.0 Å². The second-order valence-electron chi connectivity index (χ2n) is 4.74. The number of rotatable bonds is 4. The molecule has 7 heteroatoms. The molecule has 0 saturated carbocycles. The van der Waals surface area contributed by atoms with Gasteiger partial charge in [0.05, 0.1) is 11.4 Å². The molecule has 0 aliphatic carbocycles. The summed E-state index contributed by atoms with van der Waals surface area (Å²) in [6, 6.07) is 8.32. The first-order valence-corrected chi connectivity index (χ1v) is 7.93. The van der Waals surface area contributed by atoms with Crippen LogP contribution >= 0.6 is 0 Å². The summed E-state index contributed by atoms with van der Waals surface area (Å²) in [5.74, 6) is -0.885. The van der Waals surface area contributed by atoms with Gasteiger partial charge in [-0.25, -0.2) is 8.42 Å². The first kappa shape index (κ1) is 15.0. The Morgan fingerprint density at radius 3 is 2.45 bits per heavy atom. The molecule has 20 heavy (non-hydrogen) atoms. The molecule has 1 heterocycles. The standard InChI is InChI=1S/C13H18N2O4S/c16-13(17)11-14-7-4-8-15(10-9-14)20(18,19)12-5-2-1-3-6-12/h1-3,5-6H,4,7-11H2,(H,16,17). The molecular weight excluding hydrogens is 280 g/mol. The Balaban J connectivity index is 2.09. The normalized spacial score (nSPS) is 18.6. The predicted octanol–water partition coefficient (Wildman–Crippen LogP) is 0.468. The van der Waals surface area contributed by atoms with Gasteiger partial charge in [-0.05, 0) is 18.6 Å². The molecule has 6 nitrogen and oxygen atoms in total.